The molecule has 0 unspecified atom stereocenters. The van der Waals surface area contributed by atoms with Gasteiger partial charge in [0.25, 0.3) is 0 Å². The third kappa shape index (κ3) is 3.17. The highest BCUT2D eigenvalue weighted by atomic mass is 16.3. The third-order valence-electron chi connectivity index (χ3n) is 3.89. The molecule has 1 saturated heterocycles. The molecule has 0 radical (unpaired) electrons. The molecule has 2 N–H and O–H groups in total. The summed E-state index contributed by atoms with van der Waals surface area (Å²) in [5, 5.41) is 13.1. The molecule has 0 aliphatic carbocycles. The van der Waals surface area contributed by atoms with Crippen LogP contribution in [0.15, 0.2) is 24.8 Å². The summed E-state index contributed by atoms with van der Waals surface area (Å²) in [6.45, 7) is 12.3. The lowest BCUT2D eigenvalue weighted by Crippen LogP contribution is -2.45. The van der Waals surface area contributed by atoms with E-state index in [9.17, 15) is 5.11 Å². The molecule has 2 rings (SSSR count). The van der Waals surface area contributed by atoms with Crippen LogP contribution in [0.4, 0.5) is 0 Å². The monoisotopic (exact) mass is 260 g/mol. The topological polar surface area (TPSA) is 35.5 Å². The Kier molecular flexibility index (Phi) is 4.61. The van der Waals surface area contributed by atoms with Crippen molar-refractivity contribution in [3.8, 4) is 5.75 Å². The van der Waals surface area contributed by atoms with Crippen molar-refractivity contribution in [2.24, 2.45) is 0 Å². The fraction of sp³-hybridized carbons (Fsp3) is 0.500. The van der Waals surface area contributed by atoms with E-state index in [1.54, 1.807) is 0 Å². The van der Waals surface area contributed by atoms with E-state index in [1.807, 2.05) is 18.2 Å². The molecule has 1 aliphatic heterocycles. The fourth-order valence-electron chi connectivity index (χ4n) is 3.08. The SMILES string of the molecule is C=CC[C@@H](c1c(C)cc(O)cc1C)N1CCNCC1. The second kappa shape index (κ2) is 6.22. The van der Waals surface area contributed by atoms with Crippen molar-refractivity contribution < 1.29 is 5.11 Å². The highest BCUT2D eigenvalue weighted by Crippen LogP contribution is 2.32. The minimum Gasteiger partial charge on any atom is -0.508 e. The van der Waals surface area contributed by atoms with Gasteiger partial charge in [-0.15, -0.1) is 6.58 Å². The molecule has 0 saturated carbocycles. The van der Waals surface area contributed by atoms with Crippen molar-refractivity contribution in [3.05, 3.63) is 41.5 Å². The molecule has 1 aliphatic rings. The van der Waals surface area contributed by atoms with Gasteiger partial charge in [-0.25, -0.2) is 0 Å². The molecular weight excluding hydrogens is 236 g/mol. The molecule has 1 aromatic rings. The van der Waals surface area contributed by atoms with Gasteiger partial charge in [0.15, 0.2) is 0 Å². The van der Waals surface area contributed by atoms with Gasteiger partial charge in [-0.05, 0) is 49.1 Å². The van der Waals surface area contributed by atoms with Gasteiger partial charge in [0.05, 0.1) is 0 Å². The van der Waals surface area contributed by atoms with E-state index in [4.69, 9.17) is 0 Å². The van der Waals surface area contributed by atoms with Crippen molar-refractivity contribution in [1.82, 2.24) is 10.2 Å². The van der Waals surface area contributed by atoms with Gasteiger partial charge in [-0.3, -0.25) is 4.90 Å². The predicted molar refractivity (Wildman–Crippen MR) is 79.6 cm³/mol. The third-order valence-corrected chi connectivity index (χ3v) is 3.89. The second-order valence-corrected chi connectivity index (χ2v) is 5.32. The zero-order valence-electron chi connectivity index (χ0n) is 11.9. The molecule has 1 fully saturated rings. The first-order chi connectivity index (χ1) is 9.13. The quantitative estimate of drug-likeness (QED) is 0.817. The highest BCUT2D eigenvalue weighted by Gasteiger charge is 2.24. The van der Waals surface area contributed by atoms with E-state index in [0.717, 1.165) is 32.6 Å². The Bertz CT molecular complexity index is 427. The second-order valence-electron chi connectivity index (χ2n) is 5.32. The number of hydrogen-bond donors (Lipinski definition) is 2. The number of piperazine rings is 1. The molecular formula is C16H24N2O. The maximum atomic E-state index is 9.70. The number of hydrogen-bond acceptors (Lipinski definition) is 3. The average molecular weight is 260 g/mol. The molecule has 0 amide bonds. The molecule has 1 heterocycles. The average Bonchev–Trinajstić information content (AvgIpc) is 2.37. The summed E-state index contributed by atoms with van der Waals surface area (Å²) in [6, 6.07) is 4.10. The smallest absolute Gasteiger partial charge is 0.116 e. The van der Waals surface area contributed by atoms with Crippen molar-refractivity contribution >= 4 is 0 Å². The molecule has 0 aromatic heterocycles. The summed E-state index contributed by atoms with van der Waals surface area (Å²) < 4.78 is 0. The standard InChI is InChI=1S/C16H24N2O/c1-4-5-15(18-8-6-17-7-9-18)16-12(2)10-14(19)11-13(16)3/h4,10-11,15,17,19H,1,5-9H2,2-3H3/t15-/m0/s1. The maximum Gasteiger partial charge on any atom is 0.116 e. The van der Waals surface area contributed by atoms with Gasteiger partial charge >= 0.3 is 0 Å². The number of nitrogens with one attached hydrogen (secondary N) is 1. The van der Waals surface area contributed by atoms with Crippen LogP contribution in [0.2, 0.25) is 0 Å². The lowest BCUT2D eigenvalue weighted by molar-refractivity contribution is 0.173. The molecule has 19 heavy (non-hydrogen) atoms. The minimum atomic E-state index is 0.358. The number of phenolic OH excluding ortho intramolecular Hbond substituents is 1. The number of rotatable bonds is 4. The molecule has 104 valence electrons. The van der Waals surface area contributed by atoms with Gasteiger partial charge in [-0.1, -0.05) is 6.08 Å². The summed E-state index contributed by atoms with van der Waals surface area (Å²) in [7, 11) is 0. The van der Waals surface area contributed by atoms with E-state index >= 15 is 0 Å². The highest BCUT2D eigenvalue weighted by molar-refractivity contribution is 5.42. The Morgan fingerprint density at radius 2 is 1.89 bits per heavy atom. The summed E-state index contributed by atoms with van der Waals surface area (Å²) in [6.07, 6.45) is 2.95. The molecule has 0 bridgehead atoms. The summed E-state index contributed by atoms with van der Waals surface area (Å²) in [5.41, 5.74) is 3.69. The number of aromatic hydroxyl groups is 1. The largest absolute Gasteiger partial charge is 0.508 e. The Balaban J connectivity index is 2.35. The van der Waals surface area contributed by atoms with E-state index in [-0.39, 0.29) is 0 Å². The molecule has 0 spiro atoms. The lowest BCUT2D eigenvalue weighted by atomic mass is 9.92. The van der Waals surface area contributed by atoms with Crippen molar-refractivity contribution in [1.29, 1.82) is 0 Å². The zero-order chi connectivity index (χ0) is 13.8. The van der Waals surface area contributed by atoms with Gasteiger partial charge in [0.1, 0.15) is 5.75 Å². The fourth-order valence-corrected chi connectivity index (χ4v) is 3.08. The van der Waals surface area contributed by atoms with Crippen LogP contribution in [-0.2, 0) is 0 Å². The van der Waals surface area contributed by atoms with E-state index in [1.165, 1.54) is 16.7 Å². The lowest BCUT2D eigenvalue weighted by Gasteiger charge is -2.36. The van der Waals surface area contributed by atoms with Crippen LogP contribution < -0.4 is 5.32 Å². The molecule has 1 aromatic carbocycles. The predicted octanol–water partition coefficient (Wildman–Crippen LogP) is 2.53. The van der Waals surface area contributed by atoms with Crippen molar-refractivity contribution in [2.45, 2.75) is 26.3 Å². The van der Waals surface area contributed by atoms with Crippen LogP contribution in [-0.4, -0.2) is 36.2 Å². The Morgan fingerprint density at radius 3 is 2.42 bits per heavy atom. The minimum absolute atomic E-state index is 0.358. The normalized spacial score (nSPS) is 18.2. The van der Waals surface area contributed by atoms with Crippen LogP contribution in [0.3, 0.4) is 0 Å². The number of phenols is 1. The Morgan fingerprint density at radius 1 is 1.32 bits per heavy atom. The summed E-state index contributed by atoms with van der Waals surface area (Å²) in [4.78, 5) is 2.52. The van der Waals surface area contributed by atoms with E-state index in [0.29, 0.717) is 11.8 Å². The first-order valence-corrected chi connectivity index (χ1v) is 6.99. The van der Waals surface area contributed by atoms with E-state index < -0.39 is 0 Å². The Hall–Kier alpha value is -1.32. The van der Waals surface area contributed by atoms with Gasteiger partial charge < -0.3 is 10.4 Å². The van der Waals surface area contributed by atoms with Crippen LogP contribution in [0.1, 0.15) is 29.2 Å². The van der Waals surface area contributed by atoms with Crippen LogP contribution in [0.25, 0.3) is 0 Å². The van der Waals surface area contributed by atoms with Gasteiger partial charge in [0.2, 0.25) is 0 Å². The molecule has 3 heteroatoms. The Labute approximate surface area is 115 Å². The summed E-state index contributed by atoms with van der Waals surface area (Å²) >= 11 is 0. The number of aryl methyl sites for hydroxylation is 2. The maximum absolute atomic E-state index is 9.70. The van der Waals surface area contributed by atoms with Crippen molar-refractivity contribution in [2.75, 3.05) is 26.2 Å². The number of benzene rings is 1. The zero-order valence-corrected chi connectivity index (χ0v) is 11.9. The molecule has 3 nitrogen and oxygen atoms in total. The number of nitrogens with zero attached hydrogens (tertiary/aromatic N) is 1. The van der Waals surface area contributed by atoms with Crippen LogP contribution in [0, 0.1) is 13.8 Å². The van der Waals surface area contributed by atoms with Gasteiger partial charge in [0, 0.05) is 32.2 Å². The first-order valence-electron chi connectivity index (χ1n) is 6.99. The molecule has 1 atom stereocenters. The van der Waals surface area contributed by atoms with Crippen molar-refractivity contribution in [3.63, 3.8) is 0 Å². The van der Waals surface area contributed by atoms with E-state index in [2.05, 4.69) is 30.6 Å². The summed E-state index contributed by atoms with van der Waals surface area (Å²) in [5.74, 6) is 0.358. The van der Waals surface area contributed by atoms with Crippen LogP contribution in [0.5, 0.6) is 5.75 Å². The van der Waals surface area contributed by atoms with Gasteiger partial charge in [-0.2, -0.15) is 0 Å². The first kappa shape index (κ1) is 14.1. The van der Waals surface area contributed by atoms with Crippen LogP contribution >= 0.6 is 0 Å².